The van der Waals surface area contributed by atoms with Crippen LogP contribution in [0.2, 0.25) is 0 Å². The van der Waals surface area contributed by atoms with E-state index in [1.165, 1.54) is 0 Å². The molecule has 0 spiro atoms. The van der Waals surface area contributed by atoms with Crippen molar-refractivity contribution >= 4 is 16.7 Å². The van der Waals surface area contributed by atoms with E-state index < -0.39 is 11.9 Å². The first kappa shape index (κ1) is 17.2. The lowest BCUT2D eigenvalue weighted by molar-refractivity contribution is -0.141. The van der Waals surface area contributed by atoms with E-state index in [9.17, 15) is 13.2 Å². The Labute approximate surface area is 161 Å². The molecule has 0 unspecified atom stereocenters. The third-order valence-corrected chi connectivity index (χ3v) is 4.29. The van der Waals surface area contributed by atoms with Crippen LogP contribution >= 0.6 is 0 Å². The summed E-state index contributed by atoms with van der Waals surface area (Å²) in [5, 5.41) is 9.24. The fourth-order valence-corrected chi connectivity index (χ4v) is 2.96. The van der Waals surface area contributed by atoms with Crippen LogP contribution in [0.1, 0.15) is 5.69 Å². The molecular weight excluding hydrogens is 385 g/mol. The third kappa shape index (κ3) is 3.04. The topological polar surface area (TPSA) is 70.1 Å². The van der Waals surface area contributed by atoms with Crippen molar-refractivity contribution in [1.29, 1.82) is 0 Å². The minimum Gasteiger partial charge on any atom is -0.439 e. The fraction of sp³-hybridized carbons (Fsp3) is 0.0526. The van der Waals surface area contributed by atoms with E-state index in [0.717, 1.165) is 33.5 Å². The van der Waals surface area contributed by atoms with Gasteiger partial charge >= 0.3 is 6.18 Å². The summed E-state index contributed by atoms with van der Waals surface area (Å²) < 4.78 is 47.8. The number of nitrogens with zero attached hydrogens (tertiary/aromatic N) is 6. The zero-order valence-corrected chi connectivity index (χ0v) is 14.6. The molecule has 0 amide bonds. The molecule has 3 aromatic heterocycles. The highest BCUT2D eigenvalue weighted by Crippen LogP contribution is 2.32. The predicted molar refractivity (Wildman–Crippen MR) is 96.9 cm³/mol. The van der Waals surface area contributed by atoms with E-state index >= 15 is 0 Å². The van der Waals surface area contributed by atoms with Gasteiger partial charge in [0.15, 0.2) is 5.69 Å². The van der Waals surface area contributed by atoms with Crippen molar-refractivity contribution in [2.45, 2.75) is 6.18 Å². The van der Waals surface area contributed by atoms with Gasteiger partial charge in [-0.3, -0.25) is 0 Å². The molecule has 0 bridgehead atoms. The first-order valence-electron chi connectivity index (χ1n) is 8.48. The summed E-state index contributed by atoms with van der Waals surface area (Å²) in [5.74, 6) is -0.00657. The van der Waals surface area contributed by atoms with Crippen LogP contribution in [0, 0.1) is 0 Å². The van der Waals surface area contributed by atoms with Gasteiger partial charge in [-0.2, -0.15) is 32.9 Å². The minimum absolute atomic E-state index is 0.142. The summed E-state index contributed by atoms with van der Waals surface area (Å²) in [5.41, 5.74) is 0.622. The van der Waals surface area contributed by atoms with E-state index in [1.807, 2.05) is 24.3 Å². The number of benzene rings is 2. The Balaban J connectivity index is 1.50. The third-order valence-electron chi connectivity index (χ3n) is 4.29. The molecular formula is C19H11F3N6O. The summed E-state index contributed by atoms with van der Waals surface area (Å²) in [6, 6.07) is 15.4. The smallest absolute Gasteiger partial charge is 0.433 e. The van der Waals surface area contributed by atoms with Crippen LogP contribution in [0.25, 0.3) is 22.4 Å². The van der Waals surface area contributed by atoms with Crippen LogP contribution in [-0.4, -0.2) is 29.4 Å². The predicted octanol–water partition coefficient (Wildman–Crippen LogP) is 4.27. The molecule has 5 rings (SSSR count). The van der Waals surface area contributed by atoms with Crippen LogP contribution in [0.4, 0.5) is 13.2 Å². The Morgan fingerprint density at radius 1 is 0.931 bits per heavy atom. The van der Waals surface area contributed by atoms with Crippen molar-refractivity contribution in [1.82, 2.24) is 29.4 Å². The molecule has 0 radical (unpaired) electrons. The van der Waals surface area contributed by atoms with E-state index in [-0.39, 0.29) is 11.7 Å². The Hall–Kier alpha value is -3.95. The average molecular weight is 396 g/mol. The number of aromatic nitrogens is 6. The van der Waals surface area contributed by atoms with Crippen molar-refractivity contribution < 1.29 is 17.9 Å². The number of halogens is 3. The summed E-state index contributed by atoms with van der Waals surface area (Å²) >= 11 is 0. The Kier molecular flexibility index (Phi) is 3.73. The number of para-hydroxylation sites is 1. The second-order valence-corrected chi connectivity index (χ2v) is 6.16. The monoisotopic (exact) mass is 396 g/mol. The number of rotatable bonds is 3. The first-order chi connectivity index (χ1) is 14.0. The Bertz CT molecular complexity index is 1320. The average Bonchev–Trinajstić information content (AvgIpc) is 3.35. The standard InChI is InChI=1S/C19H11F3N6O/c20-19(21,22)16-9-17(28-18(26-16)23-11-25-28)29-14-7-5-13(6-8-14)27-15-4-2-1-3-12(15)10-24-27/h1-11H. The minimum atomic E-state index is -4.63. The summed E-state index contributed by atoms with van der Waals surface area (Å²) in [4.78, 5) is 7.18. The molecule has 2 aromatic carbocycles. The second kappa shape index (κ2) is 6.30. The molecule has 0 aliphatic heterocycles. The van der Waals surface area contributed by atoms with Gasteiger partial charge in [0.2, 0.25) is 5.88 Å². The lowest BCUT2D eigenvalue weighted by atomic mass is 10.2. The van der Waals surface area contributed by atoms with Crippen molar-refractivity contribution in [3.63, 3.8) is 0 Å². The summed E-state index contributed by atoms with van der Waals surface area (Å²) in [7, 11) is 0. The number of ether oxygens (including phenoxy) is 1. The molecule has 10 heteroatoms. The molecule has 144 valence electrons. The molecule has 0 N–H and O–H groups in total. The summed E-state index contributed by atoms with van der Waals surface area (Å²) in [6.07, 6.45) is -1.76. The van der Waals surface area contributed by atoms with E-state index in [2.05, 4.69) is 20.2 Å². The van der Waals surface area contributed by atoms with Crippen LogP contribution in [-0.2, 0) is 6.18 Å². The van der Waals surface area contributed by atoms with Crippen LogP contribution in [0.5, 0.6) is 11.6 Å². The van der Waals surface area contributed by atoms with Crippen molar-refractivity contribution in [2.24, 2.45) is 0 Å². The molecule has 0 aliphatic rings. The second-order valence-electron chi connectivity index (χ2n) is 6.16. The largest absolute Gasteiger partial charge is 0.439 e. The SMILES string of the molecule is FC(F)(F)c1cc(Oc2ccc(-n3ncc4ccccc43)cc2)n2ncnc2n1. The molecule has 29 heavy (non-hydrogen) atoms. The zero-order chi connectivity index (χ0) is 20.0. The maximum Gasteiger partial charge on any atom is 0.433 e. The number of hydrogen-bond acceptors (Lipinski definition) is 5. The van der Waals surface area contributed by atoms with Gasteiger partial charge in [-0.1, -0.05) is 18.2 Å². The van der Waals surface area contributed by atoms with Crippen molar-refractivity contribution in [2.75, 3.05) is 0 Å². The molecule has 0 atom stereocenters. The normalized spacial score (nSPS) is 12.0. The van der Waals surface area contributed by atoms with Gasteiger partial charge in [0, 0.05) is 11.5 Å². The Morgan fingerprint density at radius 2 is 1.72 bits per heavy atom. The quantitative estimate of drug-likeness (QED) is 0.455. The molecule has 0 aliphatic carbocycles. The number of alkyl halides is 3. The highest BCUT2D eigenvalue weighted by atomic mass is 19.4. The molecule has 5 aromatic rings. The highest BCUT2D eigenvalue weighted by Gasteiger charge is 2.34. The maximum absolute atomic E-state index is 13.1. The lowest BCUT2D eigenvalue weighted by Crippen LogP contribution is -2.10. The first-order valence-corrected chi connectivity index (χ1v) is 8.48. The van der Waals surface area contributed by atoms with Crippen molar-refractivity contribution in [3.05, 3.63) is 72.8 Å². The van der Waals surface area contributed by atoms with Gasteiger partial charge in [-0.15, -0.1) is 0 Å². The highest BCUT2D eigenvalue weighted by molar-refractivity contribution is 5.80. The van der Waals surface area contributed by atoms with Gasteiger partial charge in [-0.25, -0.2) is 9.67 Å². The molecule has 0 saturated heterocycles. The van der Waals surface area contributed by atoms with Crippen molar-refractivity contribution in [3.8, 4) is 17.3 Å². The maximum atomic E-state index is 13.1. The molecule has 7 nitrogen and oxygen atoms in total. The molecule has 3 heterocycles. The van der Waals surface area contributed by atoms with E-state index in [1.54, 1.807) is 35.1 Å². The van der Waals surface area contributed by atoms with Gasteiger partial charge < -0.3 is 4.74 Å². The molecule has 0 fully saturated rings. The van der Waals surface area contributed by atoms with Gasteiger partial charge in [0.1, 0.15) is 12.1 Å². The number of hydrogen-bond donors (Lipinski definition) is 0. The van der Waals surface area contributed by atoms with Gasteiger partial charge in [-0.05, 0) is 30.3 Å². The van der Waals surface area contributed by atoms with E-state index in [4.69, 9.17) is 4.74 Å². The fourth-order valence-electron chi connectivity index (χ4n) is 2.96. The Morgan fingerprint density at radius 3 is 2.52 bits per heavy atom. The number of fused-ring (bicyclic) bond motifs is 2. The van der Waals surface area contributed by atoms with Gasteiger partial charge in [0.25, 0.3) is 5.78 Å². The zero-order valence-electron chi connectivity index (χ0n) is 14.6. The van der Waals surface area contributed by atoms with Crippen LogP contribution in [0.3, 0.4) is 0 Å². The van der Waals surface area contributed by atoms with E-state index in [0.29, 0.717) is 5.75 Å². The van der Waals surface area contributed by atoms with Gasteiger partial charge in [0.05, 0.1) is 17.4 Å². The molecule has 0 saturated carbocycles. The summed E-state index contributed by atoms with van der Waals surface area (Å²) in [6.45, 7) is 0. The lowest BCUT2D eigenvalue weighted by Gasteiger charge is -2.11. The van der Waals surface area contributed by atoms with Crippen LogP contribution < -0.4 is 4.74 Å². The van der Waals surface area contributed by atoms with Crippen LogP contribution in [0.15, 0.2) is 67.1 Å².